The summed E-state index contributed by atoms with van der Waals surface area (Å²) in [6.45, 7) is 1.53. The molecule has 1 fully saturated rings. The molecule has 2 nitrogen and oxygen atoms in total. The first-order valence-corrected chi connectivity index (χ1v) is 6.90. The number of aliphatic hydroxyl groups excluding tert-OH is 1. The van der Waals surface area contributed by atoms with Crippen molar-refractivity contribution in [1.29, 1.82) is 0 Å². The van der Waals surface area contributed by atoms with Crippen LogP contribution in [-0.4, -0.2) is 18.2 Å². The van der Waals surface area contributed by atoms with E-state index >= 15 is 0 Å². The van der Waals surface area contributed by atoms with Crippen LogP contribution in [0.3, 0.4) is 0 Å². The summed E-state index contributed by atoms with van der Waals surface area (Å²) in [6.07, 6.45) is 6.11. The Bertz CT molecular complexity index is 346. The van der Waals surface area contributed by atoms with Crippen molar-refractivity contribution in [3.63, 3.8) is 0 Å². The predicted octanol–water partition coefficient (Wildman–Crippen LogP) is 3.03. The summed E-state index contributed by atoms with van der Waals surface area (Å²) in [4.78, 5) is 0. The van der Waals surface area contributed by atoms with Crippen molar-refractivity contribution >= 4 is 0 Å². The van der Waals surface area contributed by atoms with E-state index in [0.29, 0.717) is 6.54 Å². The van der Waals surface area contributed by atoms with Crippen molar-refractivity contribution in [3.8, 4) is 0 Å². The molecule has 0 radical (unpaired) electrons. The van der Waals surface area contributed by atoms with Crippen LogP contribution in [0.4, 0.5) is 4.39 Å². The topological polar surface area (TPSA) is 32.3 Å². The molecule has 2 rings (SSSR count). The van der Waals surface area contributed by atoms with Crippen LogP contribution in [-0.2, 0) is 0 Å². The molecule has 0 bridgehead atoms. The summed E-state index contributed by atoms with van der Waals surface area (Å²) in [6, 6.07) is 6.06. The SMILES string of the molecule is OC(CNCC1CCCCC1)c1ccc(F)cc1. The first kappa shape index (κ1) is 13.5. The van der Waals surface area contributed by atoms with Crippen LogP contribution in [0.1, 0.15) is 43.8 Å². The van der Waals surface area contributed by atoms with E-state index in [1.807, 2.05) is 0 Å². The van der Waals surface area contributed by atoms with Gasteiger partial charge < -0.3 is 10.4 Å². The molecule has 1 aliphatic rings. The Morgan fingerprint density at radius 2 is 1.83 bits per heavy atom. The van der Waals surface area contributed by atoms with E-state index in [-0.39, 0.29) is 5.82 Å². The summed E-state index contributed by atoms with van der Waals surface area (Å²) in [7, 11) is 0. The van der Waals surface area contributed by atoms with Gasteiger partial charge in [0.25, 0.3) is 0 Å². The molecule has 0 aliphatic heterocycles. The zero-order chi connectivity index (χ0) is 12.8. The lowest BCUT2D eigenvalue weighted by molar-refractivity contribution is 0.170. The Kier molecular flexibility index (Phi) is 5.14. The number of halogens is 1. The zero-order valence-electron chi connectivity index (χ0n) is 10.7. The molecule has 0 spiro atoms. The molecule has 18 heavy (non-hydrogen) atoms. The molecule has 1 saturated carbocycles. The summed E-state index contributed by atoms with van der Waals surface area (Å²) in [5.74, 6) is 0.500. The van der Waals surface area contributed by atoms with Crippen molar-refractivity contribution in [3.05, 3.63) is 35.6 Å². The van der Waals surface area contributed by atoms with Gasteiger partial charge in [-0.15, -0.1) is 0 Å². The van der Waals surface area contributed by atoms with Gasteiger partial charge in [-0.2, -0.15) is 0 Å². The lowest BCUT2D eigenvalue weighted by Crippen LogP contribution is -2.28. The Morgan fingerprint density at radius 3 is 2.50 bits per heavy atom. The van der Waals surface area contributed by atoms with Crippen molar-refractivity contribution in [2.24, 2.45) is 5.92 Å². The molecule has 3 heteroatoms. The second kappa shape index (κ2) is 6.86. The second-order valence-electron chi connectivity index (χ2n) is 5.23. The molecular weight excluding hydrogens is 229 g/mol. The van der Waals surface area contributed by atoms with E-state index in [2.05, 4.69) is 5.32 Å². The highest BCUT2D eigenvalue weighted by Gasteiger charge is 2.14. The van der Waals surface area contributed by atoms with Gasteiger partial charge >= 0.3 is 0 Å². The van der Waals surface area contributed by atoms with Gasteiger partial charge in [0.15, 0.2) is 0 Å². The summed E-state index contributed by atoms with van der Waals surface area (Å²) < 4.78 is 12.7. The van der Waals surface area contributed by atoms with Gasteiger partial charge in [-0.05, 0) is 43.0 Å². The van der Waals surface area contributed by atoms with Gasteiger partial charge in [0.05, 0.1) is 6.10 Å². The summed E-state index contributed by atoms with van der Waals surface area (Å²) >= 11 is 0. The van der Waals surface area contributed by atoms with Gasteiger partial charge in [0.2, 0.25) is 0 Å². The molecule has 0 aromatic heterocycles. The Balaban J connectivity index is 1.70. The largest absolute Gasteiger partial charge is 0.387 e. The summed E-state index contributed by atoms with van der Waals surface area (Å²) in [5, 5.41) is 13.3. The van der Waals surface area contributed by atoms with Gasteiger partial charge in [-0.1, -0.05) is 31.4 Å². The standard InChI is InChI=1S/C15H22FNO/c16-14-8-6-13(7-9-14)15(18)11-17-10-12-4-2-1-3-5-12/h6-9,12,15,17-18H,1-5,10-11H2. The van der Waals surface area contributed by atoms with Crippen LogP contribution in [0.2, 0.25) is 0 Å². The third-order valence-electron chi connectivity index (χ3n) is 3.75. The monoisotopic (exact) mass is 251 g/mol. The first-order chi connectivity index (χ1) is 8.75. The van der Waals surface area contributed by atoms with Crippen LogP contribution in [0, 0.1) is 11.7 Å². The minimum absolute atomic E-state index is 0.263. The minimum Gasteiger partial charge on any atom is -0.387 e. The maximum atomic E-state index is 12.7. The van der Waals surface area contributed by atoms with Gasteiger partial charge in [0.1, 0.15) is 5.82 Å². The van der Waals surface area contributed by atoms with E-state index < -0.39 is 6.10 Å². The second-order valence-corrected chi connectivity index (χ2v) is 5.23. The molecular formula is C15H22FNO. The van der Waals surface area contributed by atoms with Crippen LogP contribution < -0.4 is 5.32 Å². The fraction of sp³-hybridized carbons (Fsp3) is 0.600. The number of benzene rings is 1. The average molecular weight is 251 g/mol. The van der Waals surface area contributed by atoms with Gasteiger partial charge in [-0.3, -0.25) is 0 Å². The molecule has 1 aromatic carbocycles. The number of hydrogen-bond acceptors (Lipinski definition) is 2. The number of rotatable bonds is 5. The fourth-order valence-corrected chi connectivity index (χ4v) is 2.62. The Labute approximate surface area is 108 Å². The van der Waals surface area contributed by atoms with Gasteiger partial charge in [-0.25, -0.2) is 4.39 Å². The highest BCUT2D eigenvalue weighted by atomic mass is 19.1. The third kappa shape index (κ3) is 4.07. The zero-order valence-corrected chi connectivity index (χ0v) is 10.7. The van der Waals surface area contributed by atoms with Crippen molar-refractivity contribution < 1.29 is 9.50 Å². The lowest BCUT2D eigenvalue weighted by Gasteiger charge is -2.22. The van der Waals surface area contributed by atoms with Crippen molar-refractivity contribution in [1.82, 2.24) is 5.32 Å². The molecule has 1 aromatic rings. The van der Waals surface area contributed by atoms with Crippen LogP contribution in [0.5, 0.6) is 0 Å². The molecule has 0 amide bonds. The highest BCUT2D eigenvalue weighted by Crippen LogP contribution is 2.23. The lowest BCUT2D eigenvalue weighted by atomic mass is 9.89. The fourth-order valence-electron chi connectivity index (χ4n) is 2.62. The van der Waals surface area contributed by atoms with E-state index in [4.69, 9.17) is 0 Å². The average Bonchev–Trinajstić information content (AvgIpc) is 2.40. The molecule has 0 heterocycles. The normalized spacial score (nSPS) is 18.8. The summed E-state index contributed by atoms with van der Waals surface area (Å²) in [5.41, 5.74) is 0.771. The minimum atomic E-state index is -0.547. The van der Waals surface area contributed by atoms with Gasteiger partial charge in [0, 0.05) is 6.54 Å². The van der Waals surface area contributed by atoms with E-state index in [9.17, 15) is 9.50 Å². The molecule has 2 N–H and O–H groups in total. The van der Waals surface area contributed by atoms with E-state index in [1.54, 1.807) is 12.1 Å². The number of hydrogen-bond donors (Lipinski definition) is 2. The third-order valence-corrected chi connectivity index (χ3v) is 3.75. The van der Waals surface area contributed by atoms with Crippen LogP contribution in [0.15, 0.2) is 24.3 Å². The Hall–Kier alpha value is -0.930. The predicted molar refractivity (Wildman–Crippen MR) is 70.8 cm³/mol. The molecule has 0 saturated heterocycles. The molecule has 1 unspecified atom stereocenters. The van der Waals surface area contributed by atoms with E-state index in [1.165, 1.54) is 44.2 Å². The quantitative estimate of drug-likeness (QED) is 0.843. The molecule has 100 valence electrons. The Morgan fingerprint density at radius 1 is 1.17 bits per heavy atom. The highest BCUT2D eigenvalue weighted by molar-refractivity contribution is 5.18. The van der Waals surface area contributed by atoms with Crippen LogP contribution in [0.25, 0.3) is 0 Å². The molecule has 1 aliphatic carbocycles. The molecule has 1 atom stereocenters. The maximum absolute atomic E-state index is 12.7. The van der Waals surface area contributed by atoms with E-state index in [0.717, 1.165) is 18.0 Å². The maximum Gasteiger partial charge on any atom is 0.123 e. The smallest absolute Gasteiger partial charge is 0.123 e. The number of nitrogens with one attached hydrogen (secondary N) is 1. The first-order valence-electron chi connectivity index (χ1n) is 6.90. The number of aliphatic hydroxyl groups is 1. The van der Waals surface area contributed by atoms with Crippen molar-refractivity contribution in [2.45, 2.75) is 38.2 Å². The van der Waals surface area contributed by atoms with Crippen LogP contribution >= 0.6 is 0 Å². The van der Waals surface area contributed by atoms with Crippen molar-refractivity contribution in [2.75, 3.05) is 13.1 Å².